The minimum absolute atomic E-state index is 0.0564. The van der Waals surface area contributed by atoms with E-state index < -0.39 is 0 Å². The first-order chi connectivity index (χ1) is 49.2. The summed E-state index contributed by atoms with van der Waals surface area (Å²) in [4.78, 5) is 5.29. The van der Waals surface area contributed by atoms with E-state index in [1.165, 1.54) is 250 Å². The average molecular weight is 1310 g/mol. The van der Waals surface area contributed by atoms with E-state index in [0.717, 1.165) is 36.9 Å². The third kappa shape index (κ3) is 11.3. The number of rotatable bonds is 29. The topological polar surface area (TPSA) is 12.9 Å². The minimum atomic E-state index is -0.0829. The van der Waals surface area contributed by atoms with Crippen molar-refractivity contribution in [3.63, 3.8) is 0 Å². The molecule has 0 saturated heterocycles. The van der Waals surface area contributed by atoms with Gasteiger partial charge in [0.1, 0.15) is 0 Å². The molecule has 4 aliphatic rings. The van der Waals surface area contributed by atoms with Crippen molar-refractivity contribution in [2.75, 3.05) is 0 Å². The monoisotopic (exact) mass is 1310 g/mol. The van der Waals surface area contributed by atoms with Crippen LogP contribution in [0.5, 0.6) is 0 Å². The van der Waals surface area contributed by atoms with Crippen molar-refractivity contribution in [1.82, 2.24) is 4.98 Å². The number of aromatic nitrogens is 1. The number of hydrogen-bond donors (Lipinski definition) is 0. The molecule has 4 aliphatic carbocycles. The van der Waals surface area contributed by atoms with Crippen LogP contribution in [0.2, 0.25) is 0 Å². The highest BCUT2D eigenvalue weighted by Gasteiger charge is 2.47. The Labute approximate surface area is 600 Å². The number of benzene rings is 10. The van der Waals surface area contributed by atoms with Gasteiger partial charge in [-0.2, -0.15) is 0 Å². The minimum Gasteiger partial charge on any atom is -0.256 e. The fraction of sp³-hybridized carbons (Fsp3) is 0.364. The lowest BCUT2D eigenvalue weighted by Gasteiger charge is -2.34. The predicted octanol–water partition coefficient (Wildman–Crippen LogP) is 29.2. The van der Waals surface area contributed by atoms with Crippen LogP contribution in [0.15, 0.2) is 212 Å². The molecule has 0 bridgehead atoms. The standard InChI is InChI=1S/C99H107N/c1-9-17-52-96(53-18-10-2)87-37-27-25-33-78(87)80-45-40-70(63-89(80)96)72-42-48-83-82-47-39-69(62-91(82)98(56-21-13-5,57-22-14-6)92(83)65-72)68-31-29-32-75(61-68)95-86-36-30-35-76(77(86)51-60-100-95)74-44-50-85-84-49-43-73(66-93(84)99(58-23-15-7,59-24-16-8)94(85)67-74)71-41-46-81-79-34-26-28-38-88(79)97(54-19-11-3,55-20-12-4)90(81)64-71/h25-51,60-67H,9-24,52-59H2,1-8H3. The van der Waals surface area contributed by atoms with Gasteiger partial charge in [-0.1, -0.05) is 316 Å². The van der Waals surface area contributed by atoms with Crippen molar-refractivity contribution in [3.05, 3.63) is 257 Å². The van der Waals surface area contributed by atoms with Gasteiger partial charge in [-0.3, -0.25) is 4.98 Å². The van der Waals surface area contributed by atoms with Gasteiger partial charge in [0.2, 0.25) is 0 Å². The molecule has 10 aromatic carbocycles. The van der Waals surface area contributed by atoms with Crippen molar-refractivity contribution in [3.8, 4) is 100 Å². The van der Waals surface area contributed by atoms with Crippen molar-refractivity contribution >= 4 is 10.8 Å². The van der Waals surface area contributed by atoms with Crippen molar-refractivity contribution in [1.29, 1.82) is 0 Å². The van der Waals surface area contributed by atoms with Gasteiger partial charge in [0.05, 0.1) is 5.69 Å². The summed E-state index contributed by atoms with van der Waals surface area (Å²) in [6.07, 6.45) is 30.8. The summed E-state index contributed by atoms with van der Waals surface area (Å²) in [5.41, 5.74) is 36.5. The van der Waals surface area contributed by atoms with E-state index in [-0.39, 0.29) is 21.7 Å². The molecule has 0 spiro atoms. The van der Waals surface area contributed by atoms with Crippen LogP contribution in [-0.4, -0.2) is 4.98 Å². The Balaban J connectivity index is 0.774. The van der Waals surface area contributed by atoms with Crippen LogP contribution in [0.4, 0.5) is 0 Å². The fourth-order valence-electron chi connectivity index (χ4n) is 20.0. The first-order valence-corrected chi connectivity index (χ1v) is 39.7. The summed E-state index contributed by atoms with van der Waals surface area (Å²) in [7, 11) is 0. The molecule has 11 aromatic rings. The molecule has 15 rings (SSSR count). The summed E-state index contributed by atoms with van der Waals surface area (Å²) in [5, 5.41) is 2.44. The second-order valence-corrected chi connectivity index (χ2v) is 31.0. The van der Waals surface area contributed by atoms with E-state index >= 15 is 0 Å². The maximum absolute atomic E-state index is 5.29. The van der Waals surface area contributed by atoms with Gasteiger partial charge in [-0.15, -0.1) is 0 Å². The molecular formula is C99H107N. The highest BCUT2D eigenvalue weighted by Crippen LogP contribution is 2.61. The molecule has 1 heterocycles. The van der Waals surface area contributed by atoms with Crippen molar-refractivity contribution in [2.24, 2.45) is 0 Å². The van der Waals surface area contributed by atoms with Crippen LogP contribution in [-0.2, 0) is 21.7 Å². The quantitative estimate of drug-likeness (QED) is 0.0455. The zero-order valence-electron chi connectivity index (χ0n) is 61.6. The Bertz CT molecular complexity index is 4780. The number of pyridine rings is 1. The van der Waals surface area contributed by atoms with Gasteiger partial charge in [-0.05, 0) is 239 Å². The van der Waals surface area contributed by atoms with E-state index in [9.17, 15) is 0 Å². The lowest BCUT2D eigenvalue weighted by Crippen LogP contribution is -2.26. The molecular weight excluding hydrogens is 1200 g/mol. The Kier molecular flexibility index (Phi) is 19.3. The van der Waals surface area contributed by atoms with Gasteiger partial charge in [-0.25, -0.2) is 0 Å². The molecule has 0 unspecified atom stereocenters. The van der Waals surface area contributed by atoms with Gasteiger partial charge >= 0.3 is 0 Å². The molecule has 0 saturated carbocycles. The Hall–Kier alpha value is -8.39. The smallest absolute Gasteiger partial charge is 0.0780 e. The van der Waals surface area contributed by atoms with Crippen LogP contribution < -0.4 is 0 Å². The molecule has 0 atom stereocenters. The maximum atomic E-state index is 5.29. The summed E-state index contributed by atoms with van der Waals surface area (Å²) < 4.78 is 0. The lowest BCUT2D eigenvalue weighted by molar-refractivity contribution is 0.414. The lowest BCUT2D eigenvalue weighted by atomic mass is 9.69. The second-order valence-electron chi connectivity index (χ2n) is 31.0. The SMILES string of the molecule is CCCCC1(CCCC)c2ccccc2-c2ccc(-c3ccc4c(c3)C(CCCC)(CCCC)c3cc(-c5cccc(-c6nccc7c(-c8ccc9c(c8)C(CCCC)(CCCC)c8cc(-c%10ccc%11c(c%10)C(CCCC)(CCCC)c%10ccccc%10-%11)ccc8-9)cccc67)c5)ccc3-4)cc21. The molecule has 0 N–H and O–H groups in total. The highest BCUT2D eigenvalue weighted by molar-refractivity contribution is 6.04. The Morgan fingerprint density at radius 1 is 0.210 bits per heavy atom. The average Bonchev–Trinajstić information content (AvgIpc) is 1.57. The Morgan fingerprint density at radius 3 is 0.830 bits per heavy atom. The van der Waals surface area contributed by atoms with Crippen LogP contribution in [0.1, 0.15) is 254 Å². The number of fused-ring (bicyclic) bond motifs is 13. The fourth-order valence-corrected chi connectivity index (χ4v) is 20.0. The van der Waals surface area contributed by atoms with Gasteiger partial charge < -0.3 is 0 Å². The molecule has 100 heavy (non-hydrogen) atoms. The summed E-state index contributed by atoms with van der Waals surface area (Å²) in [6, 6.07) is 82.7. The maximum Gasteiger partial charge on any atom is 0.0780 e. The van der Waals surface area contributed by atoms with Crippen molar-refractivity contribution < 1.29 is 0 Å². The molecule has 1 heteroatoms. The van der Waals surface area contributed by atoms with Gasteiger partial charge in [0.15, 0.2) is 0 Å². The molecule has 0 fully saturated rings. The molecule has 1 aromatic heterocycles. The van der Waals surface area contributed by atoms with E-state index in [2.05, 4.69) is 268 Å². The zero-order valence-corrected chi connectivity index (χ0v) is 61.6. The molecule has 508 valence electrons. The van der Waals surface area contributed by atoms with Gasteiger partial charge in [0, 0.05) is 38.8 Å². The number of hydrogen-bond acceptors (Lipinski definition) is 1. The largest absolute Gasteiger partial charge is 0.256 e. The van der Waals surface area contributed by atoms with Gasteiger partial charge in [0.25, 0.3) is 0 Å². The third-order valence-electron chi connectivity index (χ3n) is 25.2. The number of nitrogens with zero attached hydrogens (tertiary/aromatic N) is 1. The third-order valence-corrected chi connectivity index (χ3v) is 25.2. The molecule has 1 nitrogen and oxygen atoms in total. The van der Waals surface area contributed by atoms with Crippen LogP contribution >= 0.6 is 0 Å². The van der Waals surface area contributed by atoms with E-state index in [0.29, 0.717) is 0 Å². The van der Waals surface area contributed by atoms with E-state index in [4.69, 9.17) is 4.98 Å². The van der Waals surface area contributed by atoms with Crippen molar-refractivity contribution in [2.45, 2.75) is 231 Å². The summed E-state index contributed by atoms with van der Waals surface area (Å²) >= 11 is 0. The summed E-state index contributed by atoms with van der Waals surface area (Å²) in [6.45, 7) is 19.0. The first-order valence-electron chi connectivity index (χ1n) is 39.7. The van der Waals surface area contributed by atoms with Crippen LogP contribution in [0.3, 0.4) is 0 Å². The Morgan fingerprint density at radius 2 is 0.480 bits per heavy atom. The molecule has 0 amide bonds. The normalized spacial score (nSPS) is 14.9. The van der Waals surface area contributed by atoms with E-state index in [1.807, 2.05) is 0 Å². The summed E-state index contributed by atoms with van der Waals surface area (Å²) in [5.74, 6) is 0. The predicted molar refractivity (Wildman–Crippen MR) is 430 cm³/mol. The number of unbranched alkanes of at least 4 members (excludes halogenated alkanes) is 8. The second kappa shape index (κ2) is 28.6. The zero-order chi connectivity index (χ0) is 68.6. The first kappa shape index (κ1) is 67.4. The van der Waals surface area contributed by atoms with E-state index in [1.54, 1.807) is 22.3 Å². The van der Waals surface area contributed by atoms with Crippen LogP contribution in [0, 0.1) is 0 Å². The molecule has 0 aliphatic heterocycles. The van der Waals surface area contributed by atoms with Crippen LogP contribution in [0.25, 0.3) is 111 Å². The molecule has 0 radical (unpaired) electrons. The highest BCUT2D eigenvalue weighted by atomic mass is 14.7.